The van der Waals surface area contributed by atoms with Crippen molar-refractivity contribution in [3.8, 4) is 6.07 Å². The van der Waals surface area contributed by atoms with E-state index < -0.39 is 0 Å². The van der Waals surface area contributed by atoms with Gasteiger partial charge in [0.2, 0.25) is 0 Å². The fourth-order valence-electron chi connectivity index (χ4n) is 3.89. The maximum Gasteiger partial charge on any atom is 0.114 e. The number of aromatic nitrogens is 1. The van der Waals surface area contributed by atoms with E-state index in [4.69, 9.17) is 4.74 Å². The largest absolute Gasteiger partial charge is 0.363 e. The van der Waals surface area contributed by atoms with Crippen LogP contribution in [0, 0.1) is 18.3 Å². The van der Waals surface area contributed by atoms with Crippen LogP contribution in [0.25, 0.3) is 10.9 Å². The summed E-state index contributed by atoms with van der Waals surface area (Å²) in [6.45, 7) is 2.92. The molecular weight excluding hydrogens is 372 g/mol. The Morgan fingerprint density at radius 1 is 1.39 bits per heavy atom. The number of aryl methyl sites for hydroxylation is 1. The Kier molecular flexibility index (Phi) is 3.95. The summed E-state index contributed by atoms with van der Waals surface area (Å²) in [5.74, 6) is 1.14. The van der Waals surface area contributed by atoms with Gasteiger partial charge in [0.25, 0.3) is 0 Å². The highest BCUT2D eigenvalue weighted by molar-refractivity contribution is 9.10. The number of fused-ring (bicyclic) bond motifs is 1. The van der Waals surface area contributed by atoms with Crippen molar-refractivity contribution in [2.45, 2.75) is 43.6 Å². The van der Waals surface area contributed by atoms with Crippen LogP contribution in [0.1, 0.15) is 42.9 Å². The van der Waals surface area contributed by atoms with Gasteiger partial charge in [0.15, 0.2) is 0 Å². The minimum absolute atomic E-state index is 0.0978. The average Bonchev–Trinajstić information content (AvgIpc) is 3.13. The van der Waals surface area contributed by atoms with Crippen molar-refractivity contribution in [3.05, 3.63) is 33.9 Å². The molecule has 2 heterocycles. The van der Waals surface area contributed by atoms with Crippen LogP contribution in [0.3, 0.4) is 0 Å². The summed E-state index contributed by atoms with van der Waals surface area (Å²) in [6, 6.07) is 6.97. The first-order valence-corrected chi connectivity index (χ1v) is 9.88. The van der Waals surface area contributed by atoms with E-state index in [0.29, 0.717) is 6.04 Å². The Hall–Kier alpha value is -0.960. The van der Waals surface area contributed by atoms with E-state index in [1.807, 2.05) is 24.8 Å². The molecule has 0 atom stereocenters. The summed E-state index contributed by atoms with van der Waals surface area (Å²) in [5, 5.41) is 10.4. The van der Waals surface area contributed by atoms with Gasteiger partial charge in [-0.05, 0) is 66.2 Å². The molecule has 1 aliphatic carbocycles. The minimum atomic E-state index is 0.0978. The average molecular weight is 391 g/mol. The standard InChI is InChI=1S/C18H19BrN2OS/c1-12-8-17-15(9-13(12)10-20)16(19)11-21(17)14-2-4-18(5-3-14)22-6-7-23-18/h8-9,11,14H,2-7H2,1H3. The monoisotopic (exact) mass is 390 g/mol. The molecule has 23 heavy (non-hydrogen) atoms. The van der Waals surface area contributed by atoms with E-state index in [2.05, 4.69) is 38.8 Å². The molecule has 1 saturated carbocycles. The molecule has 2 aliphatic rings. The van der Waals surface area contributed by atoms with E-state index in [1.165, 1.54) is 5.52 Å². The molecule has 3 nitrogen and oxygen atoms in total. The lowest BCUT2D eigenvalue weighted by Crippen LogP contribution is -2.31. The highest BCUT2D eigenvalue weighted by Crippen LogP contribution is 2.48. The van der Waals surface area contributed by atoms with Crippen LogP contribution in [-0.4, -0.2) is 21.9 Å². The van der Waals surface area contributed by atoms with Gasteiger partial charge in [-0.2, -0.15) is 5.26 Å². The summed E-state index contributed by atoms with van der Waals surface area (Å²) in [7, 11) is 0. The second kappa shape index (κ2) is 5.84. The Bertz CT molecular complexity index is 791. The predicted octanol–water partition coefficient (Wildman–Crippen LogP) is 5.16. The fourth-order valence-corrected chi connectivity index (χ4v) is 5.66. The van der Waals surface area contributed by atoms with Gasteiger partial charge in [0.1, 0.15) is 4.93 Å². The van der Waals surface area contributed by atoms with Gasteiger partial charge in [0, 0.05) is 33.4 Å². The number of rotatable bonds is 1. The number of hydrogen-bond donors (Lipinski definition) is 0. The molecule has 1 aromatic heterocycles. The first kappa shape index (κ1) is 15.6. The smallest absolute Gasteiger partial charge is 0.114 e. The third kappa shape index (κ3) is 2.61. The first-order valence-electron chi connectivity index (χ1n) is 8.11. The van der Waals surface area contributed by atoms with Crippen molar-refractivity contribution in [2.75, 3.05) is 12.4 Å². The zero-order chi connectivity index (χ0) is 16.0. The highest BCUT2D eigenvalue weighted by atomic mass is 79.9. The molecule has 0 amide bonds. The Morgan fingerprint density at radius 2 is 2.17 bits per heavy atom. The molecule has 0 N–H and O–H groups in total. The normalized spacial score (nSPS) is 27.6. The van der Waals surface area contributed by atoms with E-state index in [0.717, 1.165) is 59.0 Å². The van der Waals surface area contributed by atoms with E-state index in [9.17, 15) is 5.26 Å². The van der Waals surface area contributed by atoms with Crippen LogP contribution in [0.4, 0.5) is 0 Å². The third-order valence-electron chi connectivity index (χ3n) is 5.17. The zero-order valence-electron chi connectivity index (χ0n) is 13.1. The number of thioether (sulfide) groups is 1. The Labute approximate surface area is 149 Å². The highest BCUT2D eigenvalue weighted by Gasteiger charge is 2.40. The number of nitriles is 1. The van der Waals surface area contributed by atoms with Gasteiger partial charge in [-0.15, -0.1) is 11.8 Å². The molecule has 0 unspecified atom stereocenters. The van der Waals surface area contributed by atoms with Gasteiger partial charge in [-0.3, -0.25) is 0 Å². The summed E-state index contributed by atoms with van der Waals surface area (Å²) >= 11 is 5.68. The lowest BCUT2D eigenvalue weighted by Gasteiger charge is -2.36. The number of benzene rings is 1. The maximum absolute atomic E-state index is 9.25. The molecule has 5 heteroatoms. The van der Waals surface area contributed by atoms with Crippen LogP contribution < -0.4 is 0 Å². The summed E-state index contributed by atoms with van der Waals surface area (Å²) in [6.07, 6.45) is 6.77. The van der Waals surface area contributed by atoms with Gasteiger partial charge in [0.05, 0.1) is 18.2 Å². The summed E-state index contributed by atoms with van der Waals surface area (Å²) in [5.41, 5.74) is 3.04. The quantitative estimate of drug-likeness (QED) is 0.674. The summed E-state index contributed by atoms with van der Waals surface area (Å²) in [4.78, 5) is 0.0978. The lowest BCUT2D eigenvalue weighted by atomic mass is 9.92. The molecule has 0 bridgehead atoms. The number of ether oxygens (including phenoxy) is 1. The van der Waals surface area contributed by atoms with Crippen molar-refractivity contribution in [3.63, 3.8) is 0 Å². The van der Waals surface area contributed by atoms with Gasteiger partial charge in [-0.25, -0.2) is 0 Å². The van der Waals surface area contributed by atoms with Crippen LogP contribution in [0.15, 0.2) is 22.8 Å². The van der Waals surface area contributed by atoms with Crippen molar-refractivity contribution in [1.29, 1.82) is 5.26 Å². The van der Waals surface area contributed by atoms with Crippen LogP contribution in [0.2, 0.25) is 0 Å². The van der Waals surface area contributed by atoms with Crippen molar-refractivity contribution in [1.82, 2.24) is 4.57 Å². The topological polar surface area (TPSA) is 38.0 Å². The fraction of sp³-hybridized carbons (Fsp3) is 0.500. The molecule has 1 spiro atoms. The second-order valence-corrected chi connectivity index (χ2v) is 8.81. The van der Waals surface area contributed by atoms with Crippen LogP contribution in [0.5, 0.6) is 0 Å². The molecule has 120 valence electrons. The molecular formula is C18H19BrN2OS. The van der Waals surface area contributed by atoms with Crippen LogP contribution in [-0.2, 0) is 4.74 Å². The first-order chi connectivity index (χ1) is 11.1. The third-order valence-corrected chi connectivity index (χ3v) is 7.23. The predicted molar refractivity (Wildman–Crippen MR) is 97.7 cm³/mol. The van der Waals surface area contributed by atoms with Gasteiger partial charge < -0.3 is 9.30 Å². The van der Waals surface area contributed by atoms with E-state index >= 15 is 0 Å². The molecule has 2 fully saturated rings. The van der Waals surface area contributed by atoms with E-state index in [1.54, 1.807) is 0 Å². The molecule has 1 aliphatic heterocycles. The van der Waals surface area contributed by atoms with E-state index in [-0.39, 0.29) is 4.93 Å². The molecule has 2 aromatic rings. The molecule has 1 saturated heterocycles. The van der Waals surface area contributed by atoms with Crippen molar-refractivity contribution < 1.29 is 4.74 Å². The zero-order valence-corrected chi connectivity index (χ0v) is 15.5. The summed E-state index contributed by atoms with van der Waals surface area (Å²) < 4.78 is 9.50. The molecule has 1 aromatic carbocycles. The Morgan fingerprint density at radius 3 is 2.83 bits per heavy atom. The Balaban J connectivity index is 1.67. The second-order valence-electron chi connectivity index (χ2n) is 6.52. The number of nitrogens with zero attached hydrogens (tertiary/aromatic N) is 2. The SMILES string of the molecule is Cc1cc2c(cc1C#N)c(Br)cn2C1CCC2(CC1)OCCS2. The molecule has 0 radical (unpaired) electrons. The van der Waals surface area contributed by atoms with Gasteiger partial charge >= 0.3 is 0 Å². The van der Waals surface area contributed by atoms with Gasteiger partial charge in [-0.1, -0.05) is 0 Å². The van der Waals surface area contributed by atoms with Crippen LogP contribution >= 0.6 is 27.7 Å². The maximum atomic E-state index is 9.25. The van der Waals surface area contributed by atoms with Crippen molar-refractivity contribution in [2.24, 2.45) is 0 Å². The number of hydrogen-bond acceptors (Lipinski definition) is 3. The number of halogens is 1. The minimum Gasteiger partial charge on any atom is -0.363 e. The molecule has 4 rings (SSSR count). The lowest BCUT2D eigenvalue weighted by molar-refractivity contribution is 0.0145. The van der Waals surface area contributed by atoms with Crippen molar-refractivity contribution >= 4 is 38.6 Å².